The van der Waals surface area contributed by atoms with Crippen LogP contribution in [0.15, 0.2) is 48.5 Å². The fraction of sp³-hybridized carbons (Fsp3) is 0.294. The van der Waals surface area contributed by atoms with E-state index in [1.165, 1.54) is 11.6 Å². The third-order valence-corrected chi connectivity index (χ3v) is 4.74. The number of hydrogen-bond donors (Lipinski definition) is 2. The van der Waals surface area contributed by atoms with E-state index >= 15 is 0 Å². The zero-order valence-corrected chi connectivity index (χ0v) is 12.4. The van der Waals surface area contributed by atoms with Gasteiger partial charge >= 0.3 is 0 Å². The molecule has 4 heteroatoms. The first-order valence-corrected chi connectivity index (χ1v) is 7.49. The monoisotopic (exact) mass is 304 g/mol. The quantitative estimate of drug-likeness (QED) is 0.654. The number of rotatable bonds is 5. The van der Waals surface area contributed by atoms with Crippen LogP contribution < -0.4 is 11.3 Å². The maximum atomic E-state index is 13.6. The molecule has 3 rings (SSSR count). The molecular formula is C17H18ClFN2. The summed E-state index contributed by atoms with van der Waals surface area (Å²) in [4.78, 5) is 0. The van der Waals surface area contributed by atoms with Gasteiger partial charge in [0.25, 0.3) is 0 Å². The van der Waals surface area contributed by atoms with Crippen molar-refractivity contribution in [2.45, 2.75) is 30.7 Å². The number of halogens is 2. The Bertz CT molecular complexity index is 626. The summed E-state index contributed by atoms with van der Waals surface area (Å²) in [5.41, 5.74) is 5.19. The summed E-state index contributed by atoms with van der Waals surface area (Å²) in [6, 6.07) is 15.4. The van der Waals surface area contributed by atoms with Crippen molar-refractivity contribution in [1.82, 2.24) is 5.43 Å². The van der Waals surface area contributed by atoms with Crippen molar-refractivity contribution >= 4 is 11.6 Å². The predicted molar refractivity (Wildman–Crippen MR) is 83.6 cm³/mol. The zero-order valence-electron chi connectivity index (χ0n) is 11.7. The second-order valence-corrected chi connectivity index (χ2v) is 6.10. The highest BCUT2D eigenvalue weighted by molar-refractivity contribution is 6.30. The average molecular weight is 305 g/mol. The van der Waals surface area contributed by atoms with E-state index in [9.17, 15) is 4.39 Å². The highest BCUT2D eigenvalue weighted by atomic mass is 35.5. The van der Waals surface area contributed by atoms with Gasteiger partial charge in [-0.3, -0.25) is 11.3 Å². The van der Waals surface area contributed by atoms with Crippen LogP contribution in [0.4, 0.5) is 4.39 Å². The Morgan fingerprint density at radius 1 is 1.19 bits per heavy atom. The number of benzene rings is 2. The highest BCUT2D eigenvalue weighted by Gasteiger charge is 2.50. The minimum Gasteiger partial charge on any atom is -0.271 e. The van der Waals surface area contributed by atoms with E-state index in [1.807, 2.05) is 24.3 Å². The largest absolute Gasteiger partial charge is 0.271 e. The third-order valence-electron chi connectivity index (χ3n) is 4.43. The van der Waals surface area contributed by atoms with E-state index in [0.717, 1.165) is 18.4 Å². The standard InChI is InChI=1S/C17H18ClFN2/c18-14-7-6-12(10-15(14)19)11-16(21-20)17(8-9-17)13-4-2-1-3-5-13/h1-7,10,16,21H,8-9,11,20H2. The smallest absolute Gasteiger partial charge is 0.142 e. The minimum absolute atomic E-state index is 0.0616. The zero-order chi connectivity index (χ0) is 14.9. The summed E-state index contributed by atoms with van der Waals surface area (Å²) >= 11 is 5.73. The minimum atomic E-state index is -0.380. The Kier molecular flexibility index (Phi) is 3.98. The molecule has 1 fully saturated rings. The fourth-order valence-electron chi connectivity index (χ4n) is 3.06. The number of hydrogen-bond acceptors (Lipinski definition) is 2. The molecule has 0 saturated heterocycles. The van der Waals surface area contributed by atoms with Gasteiger partial charge < -0.3 is 0 Å². The molecule has 0 aromatic heterocycles. The number of hydrazine groups is 1. The van der Waals surface area contributed by atoms with Gasteiger partial charge in [0.2, 0.25) is 0 Å². The second-order valence-electron chi connectivity index (χ2n) is 5.69. The van der Waals surface area contributed by atoms with E-state index < -0.39 is 0 Å². The fourth-order valence-corrected chi connectivity index (χ4v) is 3.18. The molecule has 1 unspecified atom stereocenters. The van der Waals surface area contributed by atoms with Gasteiger partial charge in [-0.2, -0.15) is 0 Å². The first kappa shape index (κ1) is 14.5. The summed E-state index contributed by atoms with van der Waals surface area (Å²) in [5.74, 6) is 5.40. The molecule has 110 valence electrons. The van der Waals surface area contributed by atoms with Gasteiger partial charge in [-0.1, -0.05) is 48.0 Å². The van der Waals surface area contributed by atoms with Gasteiger partial charge in [-0.25, -0.2) is 4.39 Å². The lowest BCUT2D eigenvalue weighted by Gasteiger charge is -2.27. The number of nitrogens with two attached hydrogens (primary N) is 1. The number of nitrogens with one attached hydrogen (secondary N) is 1. The van der Waals surface area contributed by atoms with Crippen LogP contribution in [0.3, 0.4) is 0 Å². The molecule has 3 N–H and O–H groups in total. The Morgan fingerprint density at radius 2 is 1.90 bits per heavy atom. The van der Waals surface area contributed by atoms with Crippen LogP contribution in [0.2, 0.25) is 5.02 Å². The molecule has 0 amide bonds. The lowest BCUT2D eigenvalue weighted by Crippen LogP contribution is -2.45. The van der Waals surface area contributed by atoms with Crippen LogP contribution in [0.1, 0.15) is 24.0 Å². The topological polar surface area (TPSA) is 38.0 Å². The SMILES string of the molecule is NNC(Cc1ccc(Cl)c(F)c1)C1(c2ccccc2)CC1. The van der Waals surface area contributed by atoms with Crippen LogP contribution >= 0.6 is 11.6 Å². The van der Waals surface area contributed by atoms with E-state index in [-0.39, 0.29) is 22.3 Å². The first-order chi connectivity index (χ1) is 10.2. The van der Waals surface area contributed by atoms with Gasteiger partial charge in [0.1, 0.15) is 5.82 Å². The van der Waals surface area contributed by atoms with E-state index in [1.54, 1.807) is 6.07 Å². The molecular weight excluding hydrogens is 287 g/mol. The Labute approximate surface area is 129 Å². The van der Waals surface area contributed by atoms with Crippen molar-refractivity contribution in [3.63, 3.8) is 0 Å². The van der Waals surface area contributed by atoms with Gasteiger partial charge in [0.15, 0.2) is 0 Å². The van der Waals surface area contributed by atoms with Crippen molar-refractivity contribution in [3.05, 3.63) is 70.5 Å². The van der Waals surface area contributed by atoms with Crippen LogP contribution in [0, 0.1) is 5.82 Å². The van der Waals surface area contributed by atoms with Gasteiger partial charge in [-0.05, 0) is 42.5 Å². The summed E-state index contributed by atoms with van der Waals surface area (Å²) < 4.78 is 13.6. The van der Waals surface area contributed by atoms with E-state index in [0.29, 0.717) is 6.42 Å². The Balaban J connectivity index is 1.84. The molecule has 0 bridgehead atoms. The van der Waals surface area contributed by atoms with Crippen molar-refractivity contribution in [2.24, 2.45) is 5.84 Å². The summed E-state index contributed by atoms with van der Waals surface area (Å²) in [5, 5.41) is 0.153. The molecule has 2 aromatic carbocycles. The molecule has 0 spiro atoms. The third kappa shape index (κ3) is 2.82. The second kappa shape index (κ2) is 5.76. The molecule has 2 aromatic rings. The highest BCUT2D eigenvalue weighted by Crippen LogP contribution is 2.51. The molecule has 0 heterocycles. The molecule has 0 aliphatic heterocycles. The molecule has 1 saturated carbocycles. The maximum Gasteiger partial charge on any atom is 0.142 e. The van der Waals surface area contributed by atoms with Gasteiger partial charge in [-0.15, -0.1) is 0 Å². The Morgan fingerprint density at radius 3 is 2.48 bits per heavy atom. The summed E-state index contributed by atoms with van der Waals surface area (Å²) in [6.07, 6.45) is 2.88. The van der Waals surface area contributed by atoms with Crippen LogP contribution in [-0.4, -0.2) is 6.04 Å². The van der Waals surface area contributed by atoms with Crippen LogP contribution in [0.5, 0.6) is 0 Å². The predicted octanol–water partition coefficient (Wildman–Crippen LogP) is 3.59. The molecule has 21 heavy (non-hydrogen) atoms. The molecule has 1 aliphatic carbocycles. The normalized spacial score (nSPS) is 17.5. The summed E-state index contributed by atoms with van der Waals surface area (Å²) in [6.45, 7) is 0. The lowest BCUT2D eigenvalue weighted by molar-refractivity contribution is 0.420. The Hall–Kier alpha value is -1.42. The molecule has 1 atom stereocenters. The lowest BCUT2D eigenvalue weighted by atomic mass is 9.85. The van der Waals surface area contributed by atoms with E-state index in [4.69, 9.17) is 17.4 Å². The van der Waals surface area contributed by atoms with Crippen molar-refractivity contribution in [1.29, 1.82) is 0 Å². The van der Waals surface area contributed by atoms with Gasteiger partial charge in [0.05, 0.1) is 5.02 Å². The molecule has 2 nitrogen and oxygen atoms in total. The average Bonchev–Trinajstić information content (AvgIpc) is 3.31. The molecule has 0 radical (unpaired) electrons. The summed E-state index contributed by atoms with van der Waals surface area (Å²) in [7, 11) is 0. The maximum absolute atomic E-state index is 13.6. The van der Waals surface area contributed by atoms with E-state index in [2.05, 4.69) is 17.6 Å². The van der Waals surface area contributed by atoms with Gasteiger partial charge in [0, 0.05) is 11.5 Å². The van der Waals surface area contributed by atoms with Crippen LogP contribution in [0.25, 0.3) is 0 Å². The van der Waals surface area contributed by atoms with Crippen molar-refractivity contribution < 1.29 is 4.39 Å². The van der Waals surface area contributed by atoms with Crippen molar-refractivity contribution in [2.75, 3.05) is 0 Å². The van der Waals surface area contributed by atoms with Crippen molar-refractivity contribution in [3.8, 4) is 0 Å². The molecule has 1 aliphatic rings. The first-order valence-electron chi connectivity index (χ1n) is 7.11. The van der Waals surface area contributed by atoms with Crippen LogP contribution in [-0.2, 0) is 11.8 Å².